The highest BCUT2D eigenvalue weighted by Crippen LogP contribution is 2.26. The fourth-order valence-electron chi connectivity index (χ4n) is 3.96. The summed E-state index contributed by atoms with van der Waals surface area (Å²) in [5.41, 5.74) is 5.90. The van der Waals surface area contributed by atoms with Crippen LogP contribution in [0, 0.1) is 5.92 Å². The third-order valence-electron chi connectivity index (χ3n) is 5.35. The minimum atomic E-state index is 0.170. The highest BCUT2D eigenvalue weighted by Gasteiger charge is 2.32. The van der Waals surface area contributed by atoms with Crippen molar-refractivity contribution in [2.45, 2.75) is 63.1 Å². The van der Waals surface area contributed by atoms with Crippen molar-refractivity contribution in [2.75, 3.05) is 26.2 Å². The molecule has 1 amide bonds. The van der Waals surface area contributed by atoms with Gasteiger partial charge in [-0.3, -0.25) is 9.69 Å². The van der Waals surface area contributed by atoms with E-state index in [4.69, 9.17) is 10.5 Å². The van der Waals surface area contributed by atoms with Crippen LogP contribution in [0.4, 0.5) is 0 Å². The molecule has 3 N–H and O–H groups in total. The van der Waals surface area contributed by atoms with Gasteiger partial charge in [-0.25, -0.2) is 0 Å². The number of nitrogens with zero attached hydrogens (tertiary/aromatic N) is 1. The van der Waals surface area contributed by atoms with E-state index in [0.717, 1.165) is 38.8 Å². The Kier molecular flexibility index (Phi) is 5.14. The summed E-state index contributed by atoms with van der Waals surface area (Å²) in [5, 5.41) is 3.07. The number of ether oxygens (including phenoxy) is 1. The van der Waals surface area contributed by atoms with E-state index in [-0.39, 0.29) is 12.0 Å². The summed E-state index contributed by atoms with van der Waals surface area (Å²) >= 11 is 0. The molecule has 0 spiro atoms. The normalized spacial score (nSPS) is 37.2. The van der Waals surface area contributed by atoms with E-state index in [1.165, 1.54) is 19.4 Å². The predicted octanol–water partition coefficient (Wildman–Crippen LogP) is 0.873. The molecule has 2 aliphatic heterocycles. The number of fused-ring (bicyclic) bond motifs is 1. The first kappa shape index (κ1) is 15.3. The SMILES string of the molecule is NC1CCC(CC(=O)NCC2CN3CCCC3CO2)CC1. The first-order valence-electron chi connectivity index (χ1n) is 8.58. The van der Waals surface area contributed by atoms with Crippen molar-refractivity contribution in [3.8, 4) is 0 Å². The average Bonchev–Trinajstić information content (AvgIpc) is 2.95. The average molecular weight is 295 g/mol. The number of morpholine rings is 1. The van der Waals surface area contributed by atoms with Crippen LogP contribution in [0.5, 0.6) is 0 Å². The first-order chi connectivity index (χ1) is 10.2. The molecular formula is C16H29N3O2. The van der Waals surface area contributed by atoms with Crippen molar-refractivity contribution in [2.24, 2.45) is 11.7 Å². The van der Waals surface area contributed by atoms with Crippen molar-refractivity contribution in [3.05, 3.63) is 0 Å². The lowest BCUT2D eigenvalue weighted by molar-refractivity contribution is -0.123. The maximum atomic E-state index is 12.1. The van der Waals surface area contributed by atoms with E-state index in [1.807, 2.05) is 0 Å². The van der Waals surface area contributed by atoms with E-state index in [1.54, 1.807) is 0 Å². The van der Waals surface area contributed by atoms with Crippen molar-refractivity contribution in [3.63, 3.8) is 0 Å². The molecule has 5 nitrogen and oxygen atoms in total. The Morgan fingerprint density at radius 3 is 2.86 bits per heavy atom. The first-order valence-corrected chi connectivity index (χ1v) is 8.58. The Morgan fingerprint density at radius 2 is 2.05 bits per heavy atom. The largest absolute Gasteiger partial charge is 0.373 e. The molecule has 5 heteroatoms. The van der Waals surface area contributed by atoms with Crippen LogP contribution < -0.4 is 11.1 Å². The molecule has 120 valence electrons. The number of carbonyl (C=O) groups is 1. The van der Waals surface area contributed by atoms with Crippen LogP contribution >= 0.6 is 0 Å². The highest BCUT2D eigenvalue weighted by molar-refractivity contribution is 5.76. The third-order valence-corrected chi connectivity index (χ3v) is 5.35. The summed E-state index contributed by atoms with van der Waals surface area (Å²) in [4.78, 5) is 14.6. The maximum Gasteiger partial charge on any atom is 0.220 e. The summed E-state index contributed by atoms with van der Waals surface area (Å²) in [6.45, 7) is 3.67. The van der Waals surface area contributed by atoms with Crippen molar-refractivity contribution >= 4 is 5.91 Å². The Balaban J connectivity index is 1.34. The minimum absolute atomic E-state index is 0.170. The summed E-state index contributed by atoms with van der Waals surface area (Å²) in [6.07, 6.45) is 7.72. The number of hydrogen-bond acceptors (Lipinski definition) is 4. The zero-order valence-electron chi connectivity index (χ0n) is 12.9. The van der Waals surface area contributed by atoms with Crippen LogP contribution in [0.15, 0.2) is 0 Å². The lowest BCUT2D eigenvalue weighted by Crippen LogP contribution is -2.50. The van der Waals surface area contributed by atoms with Crippen LogP contribution in [0.2, 0.25) is 0 Å². The molecular weight excluding hydrogens is 266 g/mol. The summed E-state index contributed by atoms with van der Waals surface area (Å²) in [7, 11) is 0. The van der Waals surface area contributed by atoms with Gasteiger partial charge in [0.2, 0.25) is 5.91 Å². The molecule has 0 aromatic heterocycles. The molecule has 1 saturated carbocycles. The zero-order chi connectivity index (χ0) is 14.7. The standard InChI is InChI=1S/C16H29N3O2/c17-13-5-3-12(4-6-13)8-16(20)18-9-15-10-19-7-1-2-14(19)11-21-15/h12-15H,1-11,17H2,(H,18,20). The molecule has 0 radical (unpaired) electrons. The van der Waals surface area contributed by atoms with E-state index in [2.05, 4.69) is 10.2 Å². The fraction of sp³-hybridized carbons (Fsp3) is 0.938. The monoisotopic (exact) mass is 295 g/mol. The van der Waals surface area contributed by atoms with Gasteiger partial charge in [-0.15, -0.1) is 0 Å². The smallest absolute Gasteiger partial charge is 0.220 e. The quantitative estimate of drug-likeness (QED) is 0.808. The number of amides is 1. The van der Waals surface area contributed by atoms with E-state index < -0.39 is 0 Å². The molecule has 3 aliphatic rings. The van der Waals surface area contributed by atoms with Gasteiger partial charge in [0, 0.05) is 31.6 Å². The third kappa shape index (κ3) is 4.18. The highest BCUT2D eigenvalue weighted by atomic mass is 16.5. The molecule has 21 heavy (non-hydrogen) atoms. The van der Waals surface area contributed by atoms with Crippen LogP contribution in [0.3, 0.4) is 0 Å². The Hall–Kier alpha value is -0.650. The second kappa shape index (κ2) is 7.07. The molecule has 2 heterocycles. The number of nitrogens with one attached hydrogen (secondary N) is 1. The van der Waals surface area contributed by atoms with Gasteiger partial charge < -0.3 is 15.8 Å². The summed E-state index contributed by atoms with van der Waals surface area (Å²) < 4.78 is 5.87. The van der Waals surface area contributed by atoms with Gasteiger partial charge >= 0.3 is 0 Å². The molecule has 2 saturated heterocycles. The maximum absolute atomic E-state index is 12.1. The summed E-state index contributed by atoms with van der Waals surface area (Å²) in [6, 6.07) is 0.983. The van der Waals surface area contributed by atoms with E-state index >= 15 is 0 Å². The van der Waals surface area contributed by atoms with Crippen LogP contribution in [0.1, 0.15) is 44.9 Å². The van der Waals surface area contributed by atoms with Gasteiger partial charge in [0.05, 0.1) is 12.7 Å². The second-order valence-corrected chi connectivity index (χ2v) is 7.04. The van der Waals surface area contributed by atoms with Crippen LogP contribution in [-0.4, -0.2) is 55.2 Å². The van der Waals surface area contributed by atoms with Crippen molar-refractivity contribution in [1.29, 1.82) is 0 Å². The van der Waals surface area contributed by atoms with Gasteiger partial charge in [-0.1, -0.05) is 0 Å². The van der Waals surface area contributed by atoms with Gasteiger partial charge in [0.25, 0.3) is 0 Å². The van der Waals surface area contributed by atoms with Crippen LogP contribution in [0.25, 0.3) is 0 Å². The molecule has 0 aromatic rings. The molecule has 1 aliphatic carbocycles. The van der Waals surface area contributed by atoms with Gasteiger partial charge in [0.1, 0.15) is 0 Å². The Morgan fingerprint density at radius 1 is 1.24 bits per heavy atom. The topological polar surface area (TPSA) is 67.6 Å². The predicted molar refractivity (Wildman–Crippen MR) is 81.9 cm³/mol. The van der Waals surface area contributed by atoms with Crippen molar-refractivity contribution < 1.29 is 9.53 Å². The second-order valence-electron chi connectivity index (χ2n) is 7.04. The molecule has 3 fully saturated rings. The number of hydrogen-bond donors (Lipinski definition) is 2. The van der Waals surface area contributed by atoms with E-state index in [9.17, 15) is 4.79 Å². The zero-order valence-corrected chi connectivity index (χ0v) is 12.9. The lowest BCUT2D eigenvalue weighted by Gasteiger charge is -2.35. The molecule has 0 bridgehead atoms. The van der Waals surface area contributed by atoms with Gasteiger partial charge in [-0.05, 0) is 51.0 Å². The van der Waals surface area contributed by atoms with Crippen LogP contribution in [-0.2, 0) is 9.53 Å². The van der Waals surface area contributed by atoms with Gasteiger partial charge in [-0.2, -0.15) is 0 Å². The number of carbonyl (C=O) groups excluding carboxylic acids is 1. The molecule has 3 rings (SSSR count). The van der Waals surface area contributed by atoms with E-state index in [0.29, 0.717) is 31.0 Å². The minimum Gasteiger partial charge on any atom is -0.373 e. The number of nitrogens with two attached hydrogens (primary N) is 1. The molecule has 2 atom stereocenters. The number of rotatable bonds is 4. The Bertz CT molecular complexity index is 355. The molecule has 2 unspecified atom stereocenters. The summed E-state index contributed by atoms with van der Waals surface area (Å²) in [5.74, 6) is 0.711. The fourth-order valence-corrected chi connectivity index (χ4v) is 3.96. The Labute approximate surface area is 127 Å². The lowest BCUT2D eigenvalue weighted by atomic mass is 9.84. The van der Waals surface area contributed by atoms with Gasteiger partial charge in [0.15, 0.2) is 0 Å². The van der Waals surface area contributed by atoms with Crippen molar-refractivity contribution in [1.82, 2.24) is 10.2 Å². The molecule has 0 aromatic carbocycles.